The molecule has 0 saturated carbocycles. The standard InChI is InChI=1S/C20H21ClN4OS/c1-5-10-25-13(2)11-16(14(25)3)18(26)12-27-20-23-22-19(24(20)4)15-8-6-7-9-17(15)21/h5-9,11H,1,10,12H2,2-4H3. The molecular formula is C20H21ClN4OS. The molecule has 0 fully saturated rings. The maximum atomic E-state index is 12.7. The fourth-order valence-corrected chi connectivity index (χ4v) is 4.03. The highest BCUT2D eigenvalue weighted by atomic mass is 35.5. The van der Waals surface area contributed by atoms with Crippen molar-refractivity contribution in [3.8, 4) is 11.4 Å². The van der Waals surface area contributed by atoms with E-state index in [9.17, 15) is 4.79 Å². The number of ketones is 1. The fourth-order valence-electron chi connectivity index (χ4n) is 3.02. The van der Waals surface area contributed by atoms with Crippen LogP contribution in [0.25, 0.3) is 11.4 Å². The number of halogens is 1. The predicted octanol–water partition coefficient (Wildman–Crippen LogP) is 4.71. The summed E-state index contributed by atoms with van der Waals surface area (Å²) < 4.78 is 3.95. The minimum atomic E-state index is 0.0747. The van der Waals surface area contributed by atoms with Crippen LogP contribution >= 0.6 is 23.4 Å². The molecule has 0 saturated heterocycles. The van der Waals surface area contributed by atoms with E-state index in [1.165, 1.54) is 11.8 Å². The summed E-state index contributed by atoms with van der Waals surface area (Å²) in [6.07, 6.45) is 1.83. The molecule has 2 heterocycles. The molecule has 0 aliphatic rings. The van der Waals surface area contributed by atoms with E-state index in [-0.39, 0.29) is 5.78 Å². The van der Waals surface area contributed by atoms with Crippen LogP contribution in [0.2, 0.25) is 5.02 Å². The van der Waals surface area contributed by atoms with Crippen molar-refractivity contribution in [1.29, 1.82) is 0 Å². The third kappa shape index (κ3) is 3.87. The van der Waals surface area contributed by atoms with E-state index in [1.807, 2.05) is 61.9 Å². The number of carbonyl (C=O) groups is 1. The van der Waals surface area contributed by atoms with E-state index in [1.54, 1.807) is 0 Å². The predicted molar refractivity (Wildman–Crippen MR) is 111 cm³/mol. The summed E-state index contributed by atoms with van der Waals surface area (Å²) >= 11 is 7.63. The van der Waals surface area contributed by atoms with E-state index in [4.69, 9.17) is 11.6 Å². The molecule has 27 heavy (non-hydrogen) atoms. The van der Waals surface area contributed by atoms with Gasteiger partial charge < -0.3 is 9.13 Å². The second-order valence-electron chi connectivity index (χ2n) is 6.24. The quantitative estimate of drug-likeness (QED) is 0.327. The number of hydrogen-bond donors (Lipinski definition) is 0. The van der Waals surface area contributed by atoms with Crippen LogP contribution in [0.1, 0.15) is 21.7 Å². The smallest absolute Gasteiger partial charge is 0.191 e. The fraction of sp³-hybridized carbons (Fsp3) is 0.250. The van der Waals surface area contributed by atoms with Crippen molar-refractivity contribution < 1.29 is 4.79 Å². The van der Waals surface area contributed by atoms with Crippen molar-refractivity contribution in [3.63, 3.8) is 0 Å². The minimum absolute atomic E-state index is 0.0747. The van der Waals surface area contributed by atoms with Gasteiger partial charge in [0.25, 0.3) is 0 Å². The number of aryl methyl sites for hydroxylation is 1. The van der Waals surface area contributed by atoms with Crippen LogP contribution in [0.3, 0.4) is 0 Å². The number of aromatic nitrogens is 4. The van der Waals surface area contributed by atoms with E-state index in [2.05, 4.69) is 21.3 Å². The summed E-state index contributed by atoms with van der Waals surface area (Å²) in [6, 6.07) is 9.44. The van der Waals surface area contributed by atoms with E-state index in [0.29, 0.717) is 28.3 Å². The van der Waals surface area contributed by atoms with Crippen LogP contribution < -0.4 is 0 Å². The number of allylic oxidation sites excluding steroid dienone is 1. The molecule has 0 unspecified atom stereocenters. The molecule has 0 aliphatic carbocycles. The zero-order chi connectivity index (χ0) is 19.6. The van der Waals surface area contributed by atoms with Gasteiger partial charge in [-0.25, -0.2) is 0 Å². The summed E-state index contributed by atoms with van der Waals surface area (Å²) in [5, 5.41) is 9.76. The van der Waals surface area contributed by atoms with E-state index in [0.717, 1.165) is 22.5 Å². The number of benzene rings is 1. The largest absolute Gasteiger partial charge is 0.345 e. The lowest BCUT2D eigenvalue weighted by Crippen LogP contribution is -2.07. The number of nitrogens with zero attached hydrogens (tertiary/aromatic N) is 4. The Kier molecular flexibility index (Phi) is 5.87. The first-order valence-corrected chi connectivity index (χ1v) is 9.88. The topological polar surface area (TPSA) is 52.7 Å². The first kappa shape index (κ1) is 19.5. The summed E-state index contributed by atoms with van der Waals surface area (Å²) in [5.41, 5.74) is 3.59. The molecular weight excluding hydrogens is 380 g/mol. The second kappa shape index (κ2) is 8.15. The molecule has 0 N–H and O–H groups in total. The van der Waals surface area contributed by atoms with Crippen molar-refractivity contribution in [2.75, 3.05) is 5.75 Å². The zero-order valence-corrected chi connectivity index (χ0v) is 17.1. The molecule has 0 atom stereocenters. The molecule has 1 aromatic carbocycles. The number of thioether (sulfide) groups is 1. The first-order chi connectivity index (χ1) is 12.9. The average molecular weight is 401 g/mol. The molecule has 140 valence electrons. The summed E-state index contributed by atoms with van der Waals surface area (Å²) in [5.74, 6) is 1.05. The Hall–Kier alpha value is -2.31. The van der Waals surface area contributed by atoms with Gasteiger partial charge in [0.15, 0.2) is 16.8 Å². The van der Waals surface area contributed by atoms with Gasteiger partial charge in [-0.2, -0.15) is 0 Å². The molecule has 2 aromatic heterocycles. The Morgan fingerprint density at radius 2 is 2.04 bits per heavy atom. The Bertz CT molecular complexity index is 1010. The third-order valence-electron chi connectivity index (χ3n) is 4.47. The minimum Gasteiger partial charge on any atom is -0.345 e. The molecule has 5 nitrogen and oxygen atoms in total. The van der Waals surface area contributed by atoms with Gasteiger partial charge >= 0.3 is 0 Å². The zero-order valence-electron chi connectivity index (χ0n) is 15.6. The van der Waals surface area contributed by atoms with E-state index < -0.39 is 0 Å². The molecule has 0 bridgehead atoms. The lowest BCUT2D eigenvalue weighted by atomic mass is 10.2. The van der Waals surface area contributed by atoms with Crippen LogP contribution in [-0.2, 0) is 13.6 Å². The highest BCUT2D eigenvalue weighted by molar-refractivity contribution is 7.99. The Morgan fingerprint density at radius 3 is 2.74 bits per heavy atom. The van der Waals surface area contributed by atoms with Gasteiger partial charge in [-0.1, -0.05) is 41.6 Å². The summed E-state index contributed by atoms with van der Waals surface area (Å²) in [4.78, 5) is 12.7. The lowest BCUT2D eigenvalue weighted by Gasteiger charge is -2.07. The van der Waals surface area contributed by atoms with Gasteiger partial charge in [0.2, 0.25) is 0 Å². The van der Waals surface area contributed by atoms with E-state index >= 15 is 0 Å². The average Bonchev–Trinajstić information content (AvgIpc) is 3.15. The highest BCUT2D eigenvalue weighted by Crippen LogP contribution is 2.28. The Balaban J connectivity index is 1.76. The Morgan fingerprint density at radius 1 is 1.30 bits per heavy atom. The number of hydrogen-bond acceptors (Lipinski definition) is 4. The van der Waals surface area contributed by atoms with Gasteiger partial charge in [-0.05, 0) is 32.0 Å². The van der Waals surface area contributed by atoms with Gasteiger partial charge in [0.05, 0.1) is 10.8 Å². The maximum absolute atomic E-state index is 12.7. The van der Waals surface area contributed by atoms with Crippen molar-refractivity contribution >= 4 is 29.1 Å². The van der Waals surface area contributed by atoms with Gasteiger partial charge in [0, 0.05) is 36.1 Å². The van der Waals surface area contributed by atoms with Crippen molar-refractivity contribution in [1.82, 2.24) is 19.3 Å². The van der Waals surface area contributed by atoms with Gasteiger partial charge in [0.1, 0.15) is 0 Å². The summed E-state index contributed by atoms with van der Waals surface area (Å²) in [6.45, 7) is 8.43. The number of carbonyl (C=O) groups excluding carboxylic acids is 1. The molecule has 0 radical (unpaired) electrons. The number of Topliss-reactive ketones (excluding diaryl/α,β-unsaturated/α-hetero) is 1. The molecule has 3 aromatic rings. The Labute approximate surface area is 168 Å². The summed E-state index contributed by atoms with van der Waals surface area (Å²) in [7, 11) is 1.88. The molecule has 3 rings (SSSR count). The number of rotatable bonds is 7. The van der Waals surface area contributed by atoms with Crippen molar-refractivity contribution in [2.45, 2.75) is 25.5 Å². The highest BCUT2D eigenvalue weighted by Gasteiger charge is 2.18. The monoisotopic (exact) mass is 400 g/mol. The van der Waals surface area contributed by atoms with Crippen molar-refractivity contribution in [2.24, 2.45) is 7.05 Å². The second-order valence-corrected chi connectivity index (χ2v) is 7.59. The maximum Gasteiger partial charge on any atom is 0.191 e. The molecule has 7 heteroatoms. The normalized spacial score (nSPS) is 11.0. The molecule has 0 aliphatic heterocycles. The van der Waals surface area contributed by atoms with Crippen molar-refractivity contribution in [3.05, 3.63) is 65.0 Å². The van der Waals surface area contributed by atoms with Crippen LogP contribution in [0, 0.1) is 13.8 Å². The van der Waals surface area contributed by atoms with Gasteiger partial charge in [-0.3, -0.25) is 4.79 Å². The lowest BCUT2D eigenvalue weighted by molar-refractivity contribution is 0.102. The molecule has 0 spiro atoms. The van der Waals surface area contributed by atoms with Crippen LogP contribution in [0.4, 0.5) is 0 Å². The van der Waals surface area contributed by atoms with Crippen LogP contribution in [0.15, 0.2) is 48.1 Å². The first-order valence-electron chi connectivity index (χ1n) is 8.52. The third-order valence-corrected chi connectivity index (χ3v) is 5.82. The SMILES string of the molecule is C=CCn1c(C)cc(C(=O)CSc2nnc(-c3ccccc3Cl)n2C)c1C. The molecule has 0 amide bonds. The van der Waals surface area contributed by atoms with Crippen LogP contribution in [0.5, 0.6) is 0 Å². The van der Waals surface area contributed by atoms with Crippen LogP contribution in [-0.4, -0.2) is 30.9 Å². The van der Waals surface area contributed by atoms with Gasteiger partial charge in [-0.15, -0.1) is 16.8 Å².